The molecule has 1 heterocycles. The van der Waals surface area contributed by atoms with Crippen LogP contribution in [-0.2, 0) is 25.7 Å². The molecule has 3 rings (SSSR count). The normalized spacial score (nSPS) is 15.9. The Labute approximate surface area is 245 Å². The molecular formula is C31H40N4O7. The van der Waals surface area contributed by atoms with Crippen LogP contribution in [0.1, 0.15) is 66.3 Å². The Bertz CT molecular complexity index is 1270. The molecule has 5 N–H and O–H groups in total. The standard InChI is InChI=1S/C31H40N4O7/c1-30(2,3)31(32,29(40)33-4)25(36)21(14-10-11-17-42-19-20-12-6-5-7-13-20)24(26(37)34-41)18-35-27(38)22-15-8-9-16-23(22)28(35)39/h5-9,12-13,15-16,21,24,41H,10-11,14,17-19,32H2,1-4H3,(H,33,40)(H,34,37)/t21-,24+,31?/m1/s1. The predicted molar refractivity (Wildman–Crippen MR) is 154 cm³/mol. The molecule has 11 nitrogen and oxygen atoms in total. The molecule has 0 saturated heterocycles. The first-order chi connectivity index (χ1) is 19.9. The summed E-state index contributed by atoms with van der Waals surface area (Å²) >= 11 is 0. The number of hydroxylamine groups is 1. The van der Waals surface area contributed by atoms with Gasteiger partial charge in [-0.2, -0.15) is 0 Å². The van der Waals surface area contributed by atoms with E-state index in [0.717, 1.165) is 10.5 Å². The van der Waals surface area contributed by atoms with Gasteiger partial charge >= 0.3 is 0 Å². The zero-order valence-electron chi connectivity index (χ0n) is 24.5. The number of benzene rings is 2. The van der Waals surface area contributed by atoms with E-state index in [1.165, 1.54) is 19.2 Å². The fourth-order valence-electron chi connectivity index (χ4n) is 5.24. The van der Waals surface area contributed by atoms with Crippen LogP contribution >= 0.6 is 0 Å². The Hall–Kier alpha value is -3.93. The monoisotopic (exact) mass is 580 g/mol. The lowest BCUT2D eigenvalue weighted by Gasteiger charge is -2.42. The van der Waals surface area contributed by atoms with Gasteiger partial charge in [0, 0.05) is 26.1 Å². The number of carbonyl (C=O) groups is 5. The highest BCUT2D eigenvalue weighted by atomic mass is 16.5. The number of fused-ring (bicyclic) bond motifs is 1. The van der Waals surface area contributed by atoms with Gasteiger partial charge in [0.2, 0.25) is 11.8 Å². The van der Waals surface area contributed by atoms with Crippen molar-refractivity contribution in [2.75, 3.05) is 20.2 Å². The topological polar surface area (TPSA) is 168 Å². The number of hydrogen-bond acceptors (Lipinski definition) is 8. The third kappa shape index (κ3) is 6.75. The molecule has 2 aromatic carbocycles. The summed E-state index contributed by atoms with van der Waals surface area (Å²) in [6, 6.07) is 15.9. The van der Waals surface area contributed by atoms with Gasteiger partial charge in [0.05, 0.1) is 23.7 Å². The van der Waals surface area contributed by atoms with Gasteiger partial charge in [-0.25, -0.2) is 5.48 Å². The molecule has 0 fully saturated rings. The number of imide groups is 1. The quantitative estimate of drug-likeness (QED) is 0.0869. The number of nitrogens with zero attached hydrogens (tertiary/aromatic N) is 1. The van der Waals surface area contributed by atoms with Gasteiger partial charge in [0.15, 0.2) is 11.3 Å². The molecule has 1 aliphatic heterocycles. The third-order valence-corrected chi connectivity index (χ3v) is 7.85. The summed E-state index contributed by atoms with van der Waals surface area (Å²) in [4.78, 5) is 67.6. The summed E-state index contributed by atoms with van der Waals surface area (Å²) in [5.74, 6) is -6.29. The molecule has 226 valence electrons. The molecule has 4 amide bonds. The Morgan fingerprint density at radius 3 is 2.02 bits per heavy atom. The van der Waals surface area contributed by atoms with Gasteiger partial charge in [-0.15, -0.1) is 0 Å². The van der Waals surface area contributed by atoms with Crippen LogP contribution < -0.4 is 16.5 Å². The maximum Gasteiger partial charge on any atom is 0.261 e. The number of unbranched alkanes of at least 4 members (excludes halogenated alkanes) is 1. The Morgan fingerprint density at radius 1 is 0.929 bits per heavy atom. The van der Waals surface area contributed by atoms with Crippen molar-refractivity contribution in [1.82, 2.24) is 15.7 Å². The minimum Gasteiger partial charge on any atom is -0.377 e. The molecule has 0 bridgehead atoms. The number of hydrogen-bond donors (Lipinski definition) is 4. The predicted octanol–water partition coefficient (Wildman–Crippen LogP) is 2.47. The molecular weight excluding hydrogens is 540 g/mol. The number of ketones is 1. The van der Waals surface area contributed by atoms with E-state index >= 15 is 0 Å². The van der Waals surface area contributed by atoms with Crippen molar-refractivity contribution in [3.8, 4) is 0 Å². The molecule has 0 saturated carbocycles. The van der Waals surface area contributed by atoms with Crippen LogP contribution in [0.5, 0.6) is 0 Å². The van der Waals surface area contributed by atoms with Crippen molar-refractivity contribution in [2.45, 2.75) is 52.2 Å². The highest BCUT2D eigenvalue weighted by Gasteiger charge is 2.55. The molecule has 0 aliphatic carbocycles. The first-order valence-electron chi connectivity index (χ1n) is 13.9. The van der Waals surface area contributed by atoms with Gasteiger partial charge in [-0.05, 0) is 36.0 Å². The Morgan fingerprint density at radius 2 is 1.50 bits per heavy atom. The number of nitrogens with two attached hydrogens (primary N) is 1. The first kappa shape index (κ1) is 32.6. The van der Waals surface area contributed by atoms with Crippen LogP contribution in [0, 0.1) is 17.3 Å². The van der Waals surface area contributed by atoms with Gasteiger partial charge in [-0.1, -0.05) is 69.7 Å². The fraction of sp³-hybridized carbons (Fsp3) is 0.452. The van der Waals surface area contributed by atoms with E-state index in [4.69, 9.17) is 10.5 Å². The van der Waals surface area contributed by atoms with Crippen LogP contribution in [-0.4, -0.2) is 65.3 Å². The largest absolute Gasteiger partial charge is 0.377 e. The summed E-state index contributed by atoms with van der Waals surface area (Å²) in [6.45, 7) is 5.20. The van der Waals surface area contributed by atoms with Crippen molar-refractivity contribution in [1.29, 1.82) is 0 Å². The summed E-state index contributed by atoms with van der Waals surface area (Å²) in [6.07, 6.45) is 1.00. The summed E-state index contributed by atoms with van der Waals surface area (Å²) in [5, 5.41) is 12.1. The summed E-state index contributed by atoms with van der Waals surface area (Å²) in [7, 11) is 1.36. The number of carbonyl (C=O) groups excluding carboxylic acids is 5. The lowest BCUT2D eigenvalue weighted by Crippen LogP contribution is -2.68. The Balaban J connectivity index is 1.89. The summed E-state index contributed by atoms with van der Waals surface area (Å²) < 4.78 is 5.75. The average Bonchev–Trinajstić information content (AvgIpc) is 3.22. The van der Waals surface area contributed by atoms with Crippen molar-refractivity contribution in [2.24, 2.45) is 23.0 Å². The smallest absolute Gasteiger partial charge is 0.261 e. The van der Waals surface area contributed by atoms with E-state index in [1.54, 1.807) is 38.4 Å². The van der Waals surface area contributed by atoms with E-state index in [9.17, 15) is 29.2 Å². The highest BCUT2D eigenvalue weighted by molar-refractivity contribution is 6.21. The van der Waals surface area contributed by atoms with Crippen molar-refractivity contribution >= 4 is 29.4 Å². The van der Waals surface area contributed by atoms with Crippen LogP contribution in [0.15, 0.2) is 54.6 Å². The van der Waals surface area contributed by atoms with Crippen LogP contribution in [0.4, 0.5) is 0 Å². The van der Waals surface area contributed by atoms with E-state index in [0.29, 0.717) is 26.1 Å². The van der Waals surface area contributed by atoms with E-state index in [1.807, 2.05) is 30.3 Å². The third-order valence-electron chi connectivity index (χ3n) is 7.85. The average molecular weight is 581 g/mol. The number of likely N-dealkylation sites (N-methyl/N-ethyl adjacent to an activating group) is 1. The Kier molecular flexibility index (Phi) is 10.7. The first-order valence-corrected chi connectivity index (χ1v) is 13.9. The lowest BCUT2D eigenvalue weighted by atomic mass is 9.65. The number of ether oxygens (including phenoxy) is 1. The summed E-state index contributed by atoms with van der Waals surface area (Å²) in [5.41, 5.74) is 6.38. The number of nitrogens with one attached hydrogen (secondary N) is 2. The van der Waals surface area contributed by atoms with Crippen molar-refractivity contribution < 1.29 is 33.9 Å². The maximum absolute atomic E-state index is 14.3. The SMILES string of the molecule is CNC(=O)C(N)(C(=O)[C@H](CCCCOCc1ccccc1)[C@H](CN1C(=O)c2ccccc2C1=O)C(=O)NO)C(C)(C)C. The second-order valence-corrected chi connectivity index (χ2v) is 11.5. The molecule has 1 aliphatic rings. The van der Waals surface area contributed by atoms with Crippen molar-refractivity contribution in [3.63, 3.8) is 0 Å². The lowest BCUT2D eigenvalue weighted by molar-refractivity contribution is -0.149. The van der Waals surface area contributed by atoms with Crippen molar-refractivity contribution in [3.05, 3.63) is 71.3 Å². The fourth-order valence-corrected chi connectivity index (χ4v) is 5.24. The molecule has 1 unspecified atom stereocenters. The van der Waals surface area contributed by atoms with Gasteiger partial charge in [0.1, 0.15) is 0 Å². The maximum atomic E-state index is 14.3. The van der Waals surface area contributed by atoms with Crippen LogP contribution in [0.2, 0.25) is 0 Å². The van der Waals surface area contributed by atoms with E-state index in [2.05, 4.69) is 5.32 Å². The molecule has 0 aromatic heterocycles. The molecule has 2 aromatic rings. The molecule has 3 atom stereocenters. The van der Waals surface area contributed by atoms with Gasteiger partial charge in [-0.3, -0.25) is 34.1 Å². The van der Waals surface area contributed by atoms with E-state index < -0.39 is 58.7 Å². The minimum atomic E-state index is -2.06. The number of amides is 4. The number of rotatable bonds is 14. The van der Waals surface area contributed by atoms with Crippen LogP contribution in [0.25, 0.3) is 0 Å². The molecule has 0 spiro atoms. The molecule has 11 heteroatoms. The highest BCUT2D eigenvalue weighted by Crippen LogP contribution is 2.36. The van der Waals surface area contributed by atoms with Gasteiger partial charge in [0.25, 0.3) is 11.8 Å². The molecule has 0 radical (unpaired) electrons. The second-order valence-electron chi connectivity index (χ2n) is 11.5. The van der Waals surface area contributed by atoms with Gasteiger partial charge < -0.3 is 15.8 Å². The zero-order valence-corrected chi connectivity index (χ0v) is 24.5. The van der Waals surface area contributed by atoms with E-state index in [-0.39, 0.29) is 17.5 Å². The van der Waals surface area contributed by atoms with Crippen LogP contribution in [0.3, 0.4) is 0 Å². The zero-order chi connectivity index (χ0) is 31.1. The molecule has 42 heavy (non-hydrogen) atoms. The number of Topliss-reactive ketones (excluding diaryl/α,β-unsaturated/α-hetero) is 1. The minimum absolute atomic E-state index is 0.0841. The second kappa shape index (κ2) is 13.8.